The lowest BCUT2D eigenvalue weighted by Crippen LogP contribution is -2.31. The molecule has 2 atom stereocenters. The highest BCUT2D eigenvalue weighted by atomic mass is 15.4. The van der Waals surface area contributed by atoms with E-state index in [9.17, 15) is 0 Å². The maximum atomic E-state index is 4.27. The van der Waals surface area contributed by atoms with Crippen molar-refractivity contribution >= 4 is 0 Å². The van der Waals surface area contributed by atoms with Crippen LogP contribution < -0.4 is 5.32 Å². The molecule has 1 N–H and O–H groups in total. The van der Waals surface area contributed by atoms with E-state index >= 15 is 0 Å². The average Bonchev–Trinajstić information content (AvgIpc) is 3.16. The van der Waals surface area contributed by atoms with Gasteiger partial charge in [-0.1, -0.05) is 25.0 Å². The van der Waals surface area contributed by atoms with Crippen molar-refractivity contribution in [2.75, 3.05) is 6.54 Å². The van der Waals surface area contributed by atoms with Crippen molar-refractivity contribution in [1.82, 2.24) is 20.3 Å². The van der Waals surface area contributed by atoms with Crippen LogP contribution in [0.15, 0.2) is 6.20 Å². The van der Waals surface area contributed by atoms with Crippen LogP contribution in [0.4, 0.5) is 0 Å². The predicted molar refractivity (Wildman–Crippen MR) is 76.0 cm³/mol. The van der Waals surface area contributed by atoms with Gasteiger partial charge in [0.2, 0.25) is 0 Å². The maximum Gasteiger partial charge on any atom is 0.0728 e. The Bertz CT molecular complexity index is 397. The van der Waals surface area contributed by atoms with E-state index in [1.807, 2.05) is 6.20 Å². The summed E-state index contributed by atoms with van der Waals surface area (Å²) in [5.74, 6) is 1.45. The lowest BCUT2D eigenvalue weighted by molar-refractivity contribution is 0.282. The normalized spacial score (nSPS) is 27.6. The van der Waals surface area contributed by atoms with Gasteiger partial charge < -0.3 is 5.32 Å². The van der Waals surface area contributed by atoms with Crippen LogP contribution in [0.3, 0.4) is 0 Å². The second-order valence-corrected chi connectivity index (χ2v) is 6.22. The Balaban J connectivity index is 1.68. The summed E-state index contributed by atoms with van der Waals surface area (Å²) < 4.78 is 2.14. The highest BCUT2D eigenvalue weighted by molar-refractivity contribution is 5.07. The Morgan fingerprint density at radius 1 is 1.26 bits per heavy atom. The molecule has 0 radical (unpaired) electrons. The van der Waals surface area contributed by atoms with Crippen LogP contribution in [0.1, 0.15) is 63.5 Å². The first kappa shape index (κ1) is 13.1. The molecule has 0 spiro atoms. The predicted octanol–water partition coefficient (Wildman–Crippen LogP) is 2.71. The lowest BCUT2D eigenvalue weighted by atomic mass is 9.77. The summed E-state index contributed by atoms with van der Waals surface area (Å²) in [4.78, 5) is 0. The number of hydrogen-bond donors (Lipinski definition) is 1. The minimum atomic E-state index is 0.668. The van der Waals surface area contributed by atoms with Gasteiger partial charge in [0.05, 0.1) is 11.9 Å². The molecule has 1 aromatic heterocycles. The highest BCUT2D eigenvalue weighted by Crippen LogP contribution is 2.37. The van der Waals surface area contributed by atoms with Gasteiger partial charge in [0.1, 0.15) is 0 Å². The molecule has 4 heteroatoms. The lowest BCUT2D eigenvalue weighted by Gasteiger charge is -2.32. The fourth-order valence-electron chi connectivity index (χ4n) is 3.39. The first-order valence-electron chi connectivity index (χ1n) is 8.00. The van der Waals surface area contributed by atoms with Crippen LogP contribution in [0.2, 0.25) is 0 Å². The number of aromatic nitrogens is 3. The summed E-state index contributed by atoms with van der Waals surface area (Å²) in [7, 11) is 0. The van der Waals surface area contributed by atoms with E-state index in [-0.39, 0.29) is 0 Å². The second-order valence-electron chi connectivity index (χ2n) is 6.22. The smallest absolute Gasteiger partial charge is 0.0728 e. The zero-order chi connectivity index (χ0) is 13.1. The largest absolute Gasteiger partial charge is 0.314 e. The molecule has 0 amide bonds. The van der Waals surface area contributed by atoms with Crippen molar-refractivity contribution in [2.24, 2.45) is 5.92 Å². The van der Waals surface area contributed by atoms with E-state index in [1.165, 1.54) is 50.8 Å². The summed E-state index contributed by atoms with van der Waals surface area (Å²) in [6.45, 7) is 4.40. The van der Waals surface area contributed by atoms with Gasteiger partial charge in [0, 0.05) is 18.5 Å². The molecule has 3 rings (SSSR count). The Morgan fingerprint density at radius 2 is 2.11 bits per heavy atom. The summed E-state index contributed by atoms with van der Waals surface area (Å²) in [6, 6.07) is 0.821. The van der Waals surface area contributed by atoms with Gasteiger partial charge in [-0.15, -0.1) is 5.10 Å². The molecule has 0 aromatic carbocycles. The van der Waals surface area contributed by atoms with Crippen molar-refractivity contribution in [3.05, 3.63) is 11.9 Å². The van der Waals surface area contributed by atoms with Gasteiger partial charge in [0.25, 0.3) is 0 Å². The third-order valence-corrected chi connectivity index (χ3v) is 4.62. The van der Waals surface area contributed by atoms with Gasteiger partial charge in [-0.2, -0.15) is 0 Å². The molecular weight excluding hydrogens is 236 g/mol. The summed E-state index contributed by atoms with van der Waals surface area (Å²) in [5, 5.41) is 12.1. The van der Waals surface area contributed by atoms with Crippen LogP contribution in [0.5, 0.6) is 0 Å². The maximum absolute atomic E-state index is 4.27. The van der Waals surface area contributed by atoms with Crippen molar-refractivity contribution in [1.29, 1.82) is 0 Å². The van der Waals surface area contributed by atoms with Gasteiger partial charge in [-0.25, -0.2) is 4.68 Å². The molecule has 4 nitrogen and oxygen atoms in total. The zero-order valence-corrected chi connectivity index (χ0v) is 12.0. The minimum Gasteiger partial charge on any atom is -0.314 e. The number of hydrogen-bond acceptors (Lipinski definition) is 3. The van der Waals surface area contributed by atoms with Gasteiger partial charge in [-0.05, 0) is 44.6 Å². The van der Waals surface area contributed by atoms with E-state index in [0.717, 1.165) is 24.9 Å². The molecule has 0 saturated heterocycles. The number of aryl methyl sites for hydroxylation is 1. The first-order valence-corrected chi connectivity index (χ1v) is 8.00. The van der Waals surface area contributed by atoms with Crippen LogP contribution in [0.25, 0.3) is 0 Å². The van der Waals surface area contributed by atoms with Crippen LogP contribution >= 0.6 is 0 Å². The fourth-order valence-corrected chi connectivity index (χ4v) is 3.39. The van der Waals surface area contributed by atoms with Gasteiger partial charge >= 0.3 is 0 Å². The average molecular weight is 262 g/mol. The molecule has 2 saturated carbocycles. The van der Waals surface area contributed by atoms with Gasteiger partial charge in [-0.3, -0.25) is 0 Å². The van der Waals surface area contributed by atoms with E-state index in [0.29, 0.717) is 5.92 Å². The first-order chi connectivity index (χ1) is 9.38. The number of nitrogens with zero attached hydrogens (tertiary/aromatic N) is 3. The summed E-state index contributed by atoms with van der Waals surface area (Å²) in [6.07, 6.45) is 11.3. The Hall–Kier alpha value is -0.900. The molecule has 1 heterocycles. The van der Waals surface area contributed by atoms with Gasteiger partial charge in [0.15, 0.2) is 0 Å². The standard InChI is InChI=1S/C15H26N4/c1-2-9-19-15(11-17-18-19)14-6-4-3-5-12(14)10-16-13-7-8-13/h11-14,16H,2-10H2,1H3. The Morgan fingerprint density at radius 3 is 2.89 bits per heavy atom. The van der Waals surface area contributed by atoms with E-state index in [4.69, 9.17) is 0 Å². The highest BCUT2D eigenvalue weighted by Gasteiger charge is 2.31. The molecule has 0 bridgehead atoms. The second kappa shape index (κ2) is 6.04. The molecule has 0 aliphatic heterocycles. The quantitative estimate of drug-likeness (QED) is 0.857. The molecular formula is C15H26N4. The Labute approximate surface area is 116 Å². The van der Waals surface area contributed by atoms with Crippen LogP contribution in [0, 0.1) is 5.92 Å². The van der Waals surface area contributed by atoms with Crippen LogP contribution in [-0.2, 0) is 6.54 Å². The fraction of sp³-hybridized carbons (Fsp3) is 0.867. The van der Waals surface area contributed by atoms with E-state index in [2.05, 4.69) is 27.2 Å². The van der Waals surface area contributed by atoms with Crippen molar-refractivity contribution in [3.8, 4) is 0 Å². The molecule has 2 unspecified atom stereocenters. The number of rotatable bonds is 6. The Kier molecular flexibility index (Phi) is 4.16. The molecule has 2 fully saturated rings. The molecule has 2 aliphatic rings. The molecule has 106 valence electrons. The van der Waals surface area contributed by atoms with Crippen LogP contribution in [-0.4, -0.2) is 27.6 Å². The zero-order valence-electron chi connectivity index (χ0n) is 12.0. The third-order valence-electron chi connectivity index (χ3n) is 4.62. The summed E-state index contributed by atoms with van der Waals surface area (Å²) in [5.41, 5.74) is 1.38. The van der Waals surface area contributed by atoms with Crippen molar-refractivity contribution in [3.63, 3.8) is 0 Å². The van der Waals surface area contributed by atoms with Crippen molar-refractivity contribution < 1.29 is 0 Å². The topological polar surface area (TPSA) is 42.7 Å². The monoisotopic (exact) mass is 262 g/mol. The molecule has 19 heavy (non-hydrogen) atoms. The molecule has 1 aromatic rings. The molecule has 2 aliphatic carbocycles. The summed E-state index contributed by atoms with van der Waals surface area (Å²) >= 11 is 0. The minimum absolute atomic E-state index is 0.668. The third kappa shape index (κ3) is 3.16. The number of nitrogens with one attached hydrogen (secondary N) is 1. The van der Waals surface area contributed by atoms with E-state index < -0.39 is 0 Å². The SMILES string of the molecule is CCCn1nncc1C1CCCCC1CNC1CC1. The van der Waals surface area contributed by atoms with E-state index in [1.54, 1.807) is 0 Å². The van der Waals surface area contributed by atoms with Crippen molar-refractivity contribution in [2.45, 2.75) is 70.4 Å².